The van der Waals surface area contributed by atoms with Crippen LogP contribution in [0.2, 0.25) is 0 Å². The molecule has 0 radical (unpaired) electrons. The molecule has 1 aliphatic rings. The Hall–Kier alpha value is -3.15. The summed E-state index contributed by atoms with van der Waals surface area (Å²) in [7, 11) is 0. The van der Waals surface area contributed by atoms with Crippen molar-refractivity contribution in [2.24, 2.45) is 4.99 Å². The first-order valence-corrected chi connectivity index (χ1v) is 9.83. The predicted molar refractivity (Wildman–Crippen MR) is 114 cm³/mol. The maximum atomic E-state index is 5.77. The van der Waals surface area contributed by atoms with E-state index in [9.17, 15) is 0 Å². The van der Waals surface area contributed by atoms with E-state index in [1.807, 2.05) is 24.3 Å². The predicted octanol–water partition coefficient (Wildman–Crippen LogP) is 3.95. The molecular formula is C22H26N4O2. The number of benzene rings is 2. The van der Waals surface area contributed by atoms with Gasteiger partial charge in [0.1, 0.15) is 0 Å². The second-order valence-corrected chi connectivity index (χ2v) is 6.71. The van der Waals surface area contributed by atoms with Crippen LogP contribution in [0.25, 0.3) is 10.9 Å². The number of aliphatic imine (C=N–C) groups is 1. The van der Waals surface area contributed by atoms with Crippen molar-refractivity contribution < 1.29 is 9.47 Å². The zero-order valence-electron chi connectivity index (χ0n) is 16.1. The maximum Gasteiger partial charge on any atom is 0.195 e. The van der Waals surface area contributed by atoms with Crippen LogP contribution in [-0.4, -0.2) is 37.2 Å². The normalized spacial score (nSPS) is 14.0. The van der Waals surface area contributed by atoms with Crippen LogP contribution in [0.15, 0.2) is 53.7 Å². The zero-order chi connectivity index (χ0) is 19.2. The van der Waals surface area contributed by atoms with E-state index >= 15 is 0 Å². The quantitative estimate of drug-likeness (QED) is 0.464. The second kappa shape index (κ2) is 8.69. The van der Waals surface area contributed by atoms with Gasteiger partial charge < -0.3 is 25.1 Å². The summed E-state index contributed by atoms with van der Waals surface area (Å²) in [5, 5.41) is 7.93. The van der Waals surface area contributed by atoms with Gasteiger partial charge in [0.25, 0.3) is 0 Å². The van der Waals surface area contributed by atoms with Crippen LogP contribution in [0.5, 0.6) is 11.5 Å². The summed E-state index contributed by atoms with van der Waals surface area (Å²) in [6, 6.07) is 14.2. The number of guanidine groups is 1. The Kier molecular flexibility index (Phi) is 5.66. The molecule has 0 bridgehead atoms. The molecule has 1 aromatic heterocycles. The van der Waals surface area contributed by atoms with Gasteiger partial charge in [0.05, 0.1) is 13.2 Å². The third-order valence-corrected chi connectivity index (χ3v) is 4.68. The van der Waals surface area contributed by atoms with Crippen molar-refractivity contribution in [1.29, 1.82) is 0 Å². The van der Waals surface area contributed by atoms with Gasteiger partial charge in [0.2, 0.25) is 0 Å². The number of hydrogen-bond donors (Lipinski definition) is 3. The molecule has 0 saturated carbocycles. The number of hydrogen-bond acceptors (Lipinski definition) is 3. The number of nitrogens with zero attached hydrogens (tertiary/aromatic N) is 1. The van der Waals surface area contributed by atoms with Crippen LogP contribution in [0, 0.1) is 0 Å². The summed E-state index contributed by atoms with van der Waals surface area (Å²) in [6.45, 7) is 4.92. The summed E-state index contributed by atoms with van der Waals surface area (Å²) in [4.78, 5) is 8.05. The third-order valence-electron chi connectivity index (χ3n) is 4.68. The first kappa shape index (κ1) is 18.2. The summed E-state index contributed by atoms with van der Waals surface area (Å²) in [5.41, 5.74) is 3.38. The number of anilines is 1. The van der Waals surface area contributed by atoms with E-state index < -0.39 is 0 Å². The fourth-order valence-electron chi connectivity index (χ4n) is 3.31. The van der Waals surface area contributed by atoms with Gasteiger partial charge in [-0.05, 0) is 37.1 Å². The van der Waals surface area contributed by atoms with Crippen molar-refractivity contribution in [2.45, 2.75) is 19.8 Å². The van der Waals surface area contributed by atoms with Crippen LogP contribution in [-0.2, 0) is 6.42 Å². The minimum atomic E-state index is 0.676. The maximum absolute atomic E-state index is 5.77. The van der Waals surface area contributed by atoms with Crippen molar-refractivity contribution in [1.82, 2.24) is 10.3 Å². The topological polar surface area (TPSA) is 70.7 Å². The van der Waals surface area contributed by atoms with Crippen LogP contribution < -0.4 is 20.1 Å². The standard InChI is InChI=1S/C22H26N4O2/c1-2-23-22(24-11-10-16-15-25-19-7-4-3-6-18(16)19)26-17-8-9-20-21(14-17)28-13-5-12-27-20/h3-4,6-9,14-15,25H,2,5,10-13H2,1H3,(H2,23,24,26). The molecule has 0 fully saturated rings. The minimum Gasteiger partial charge on any atom is -0.490 e. The molecule has 2 aromatic carbocycles. The first-order valence-electron chi connectivity index (χ1n) is 9.83. The smallest absolute Gasteiger partial charge is 0.195 e. The Morgan fingerprint density at radius 2 is 1.96 bits per heavy atom. The number of para-hydroxylation sites is 1. The lowest BCUT2D eigenvalue weighted by Crippen LogP contribution is -2.30. The SMILES string of the molecule is CCNC(=NCCc1c[nH]c2ccccc12)Nc1ccc2c(c1)OCCCO2. The van der Waals surface area contributed by atoms with E-state index in [0.717, 1.165) is 42.5 Å². The molecule has 3 aromatic rings. The fourth-order valence-corrected chi connectivity index (χ4v) is 3.31. The lowest BCUT2D eigenvalue weighted by atomic mass is 10.1. The highest BCUT2D eigenvalue weighted by Gasteiger charge is 2.11. The molecule has 0 aliphatic carbocycles. The van der Waals surface area contributed by atoms with Gasteiger partial charge in [-0.25, -0.2) is 0 Å². The molecule has 0 spiro atoms. The van der Waals surface area contributed by atoms with Crippen LogP contribution >= 0.6 is 0 Å². The van der Waals surface area contributed by atoms with E-state index in [1.54, 1.807) is 0 Å². The van der Waals surface area contributed by atoms with Gasteiger partial charge in [-0.2, -0.15) is 0 Å². The van der Waals surface area contributed by atoms with Crippen molar-refractivity contribution in [3.63, 3.8) is 0 Å². The number of H-pyrrole nitrogens is 1. The summed E-state index contributed by atoms with van der Waals surface area (Å²) in [5.74, 6) is 2.33. The van der Waals surface area contributed by atoms with E-state index in [-0.39, 0.29) is 0 Å². The molecule has 1 aliphatic heterocycles. The molecule has 6 heteroatoms. The van der Waals surface area contributed by atoms with Gasteiger partial charge in [0.15, 0.2) is 17.5 Å². The lowest BCUT2D eigenvalue weighted by molar-refractivity contribution is 0.297. The number of fused-ring (bicyclic) bond motifs is 2. The molecule has 2 heterocycles. The molecule has 0 saturated heterocycles. The molecule has 28 heavy (non-hydrogen) atoms. The zero-order valence-corrected chi connectivity index (χ0v) is 16.1. The Morgan fingerprint density at radius 3 is 2.86 bits per heavy atom. The van der Waals surface area contributed by atoms with Gasteiger partial charge in [-0.3, -0.25) is 4.99 Å². The lowest BCUT2D eigenvalue weighted by Gasteiger charge is -2.13. The summed E-state index contributed by atoms with van der Waals surface area (Å²) < 4.78 is 11.5. The molecule has 0 atom stereocenters. The number of ether oxygens (including phenoxy) is 2. The number of aromatic amines is 1. The molecule has 0 amide bonds. The molecule has 146 valence electrons. The summed E-state index contributed by atoms with van der Waals surface area (Å²) in [6.07, 6.45) is 3.85. The molecule has 6 nitrogen and oxygen atoms in total. The van der Waals surface area contributed by atoms with E-state index in [2.05, 4.69) is 46.9 Å². The van der Waals surface area contributed by atoms with E-state index in [4.69, 9.17) is 14.5 Å². The molecule has 0 unspecified atom stereocenters. The number of nitrogens with one attached hydrogen (secondary N) is 3. The van der Waals surface area contributed by atoms with Crippen LogP contribution in [0.3, 0.4) is 0 Å². The van der Waals surface area contributed by atoms with Crippen LogP contribution in [0.1, 0.15) is 18.9 Å². The minimum absolute atomic E-state index is 0.676. The highest BCUT2D eigenvalue weighted by molar-refractivity contribution is 5.94. The van der Waals surface area contributed by atoms with Gasteiger partial charge in [-0.1, -0.05) is 18.2 Å². The Morgan fingerprint density at radius 1 is 1.11 bits per heavy atom. The molecule has 3 N–H and O–H groups in total. The van der Waals surface area contributed by atoms with Gasteiger partial charge in [0, 0.05) is 48.4 Å². The van der Waals surface area contributed by atoms with Gasteiger partial charge in [-0.15, -0.1) is 0 Å². The largest absolute Gasteiger partial charge is 0.490 e. The average Bonchev–Trinajstić information content (AvgIpc) is 2.97. The Bertz CT molecular complexity index is 964. The third kappa shape index (κ3) is 4.22. The Labute approximate surface area is 165 Å². The molecule has 4 rings (SSSR count). The van der Waals surface area contributed by atoms with Crippen LogP contribution in [0.4, 0.5) is 5.69 Å². The van der Waals surface area contributed by atoms with E-state index in [1.165, 1.54) is 16.5 Å². The highest BCUT2D eigenvalue weighted by Crippen LogP contribution is 2.32. The van der Waals surface area contributed by atoms with Crippen molar-refractivity contribution >= 4 is 22.5 Å². The van der Waals surface area contributed by atoms with Crippen molar-refractivity contribution in [2.75, 3.05) is 31.6 Å². The van der Waals surface area contributed by atoms with Crippen molar-refractivity contribution in [3.8, 4) is 11.5 Å². The fraction of sp³-hybridized carbons (Fsp3) is 0.318. The van der Waals surface area contributed by atoms with Gasteiger partial charge >= 0.3 is 0 Å². The van der Waals surface area contributed by atoms with E-state index in [0.29, 0.717) is 19.8 Å². The molecular weight excluding hydrogens is 352 g/mol. The second-order valence-electron chi connectivity index (χ2n) is 6.71. The van der Waals surface area contributed by atoms with Crippen molar-refractivity contribution in [3.05, 3.63) is 54.2 Å². The average molecular weight is 378 g/mol. The number of rotatable bonds is 5. The monoisotopic (exact) mass is 378 g/mol. The summed E-state index contributed by atoms with van der Waals surface area (Å²) >= 11 is 0. The Balaban J connectivity index is 1.44. The number of aromatic nitrogens is 1. The first-order chi connectivity index (χ1) is 13.8. The highest BCUT2D eigenvalue weighted by atomic mass is 16.5.